The molecule has 0 saturated carbocycles. The summed E-state index contributed by atoms with van der Waals surface area (Å²) >= 11 is 0. The maximum absolute atomic E-state index is 11.3. The van der Waals surface area contributed by atoms with Crippen molar-refractivity contribution in [3.8, 4) is 0 Å². The van der Waals surface area contributed by atoms with Gasteiger partial charge in [0.25, 0.3) is 0 Å². The largest absolute Gasteiger partial charge is 0.389 e. The lowest BCUT2D eigenvalue weighted by Crippen LogP contribution is -2.06. The molecule has 61 valence electrons. The molecule has 0 saturated heterocycles. The van der Waals surface area contributed by atoms with Crippen molar-refractivity contribution < 1.29 is 22.0 Å². The molecule has 0 N–H and O–H groups in total. The Kier molecular flexibility index (Phi) is 3.60. The molecule has 0 aromatic carbocycles. The third-order valence-electron chi connectivity index (χ3n) is 0.826. The molecule has 0 aliphatic rings. The lowest BCUT2D eigenvalue weighted by Gasteiger charge is -2.03. The van der Waals surface area contributed by atoms with E-state index in [4.69, 9.17) is 0 Å². The molecule has 0 heterocycles. The molecule has 0 fully saturated rings. The van der Waals surface area contributed by atoms with Gasteiger partial charge in [-0.1, -0.05) is 0 Å². The van der Waals surface area contributed by atoms with Crippen LogP contribution < -0.4 is 0 Å². The molecule has 0 nitrogen and oxygen atoms in total. The van der Waals surface area contributed by atoms with Crippen molar-refractivity contribution in [2.75, 3.05) is 0 Å². The highest BCUT2D eigenvalue weighted by molar-refractivity contribution is 4.61. The van der Waals surface area contributed by atoms with Crippen molar-refractivity contribution in [2.24, 2.45) is 0 Å². The minimum Gasteiger partial charge on any atom is -0.200 e. The van der Waals surface area contributed by atoms with Crippen molar-refractivity contribution >= 4 is 0 Å². The van der Waals surface area contributed by atoms with Crippen LogP contribution in [0.3, 0.4) is 0 Å². The summed E-state index contributed by atoms with van der Waals surface area (Å²) in [6.45, 7) is 0. The summed E-state index contributed by atoms with van der Waals surface area (Å²) in [5.41, 5.74) is 0. The van der Waals surface area contributed by atoms with Crippen LogP contribution in [0.4, 0.5) is 22.0 Å². The van der Waals surface area contributed by atoms with E-state index >= 15 is 0 Å². The first-order chi connectivity index (χ1) is 4.42. The van der Waals surface area contributed by atoms with Gasteiger partial charge in [-0.05, 0) is 6.42 Å². The van der Waals surface area contributed by atoms with Crippen molar-refractivity contribution in [3.05, 3.63) is 6.43 Å². The summed E-state index contributed by atoms with van der Waals surface area (Å²) in [6.07, 6.45) is -8.66. The van der Waals surface area contributed by atoms with Crippen molar-refractivity contribution in [2.45, 2.75) is 25.4 Å². The average Bonchev–Trinajstić information content (AvgIpc) is 1.59. The third-order valence-corrected chi connectivity index (χ3v) is 0.826. The maximum atomic E-state index is 11.3. The zero-order valence-electron chi connectivity index (χ0n) is 5.01. The molecular weight excluding hydrogens is 155 g/mol. The molecule has 0 aliphatic carbocycles. The highest BCUT2D eigenvalue weighted by atomic mass is 19.4. The lowest BCUT2D eigenvalue weighted by molar-refractivity contribution is -0.135. The minimum atomic E-state index is -4.31. The molecule has 0 bridgehead atoms. The Morgan fingerprint density at radius 3 is 1.90 bits per heavy atom. The van der Waals surface area contributed by atoms with Gasteiger partial charge in [-0.3, -0.25) is 0 Å². The summed E-state index contributed by atoms with van der Waals surface area (Å²) in [5.74, 6) is 0. The molecule has 0 aromatic rings. The Morgan fingerprint density at radius 1 is 1.10 bits per heavy atom. The summed E-state index contributed by atoms with van der Waals surface area (Å²) in [6, 6.07) is 0. The van der Waals surface area contributed by atoms with E-state index in [2.05, 4.69) is 0 Å². The monoisotopic (exact) mass is 161 g/mol. The zero-order chi connectivity index (χ0) is 8.20. The van der Waals surface area contributed by atoms with Crippen molar-refractivity contribution in [1.29, 1.82) is 0 Å². The van der Waals surface area contributed by atoms with Gasteiger partial charge in [0.1, 0.15) is 0 Å². The van der Waals surface area contributed by atoms with E-state index in [9.17, 15) is 22.0 Å². The summed E-state index contributed by atoms with van der Waals surface area (Å²) < 4.78 is 56.1. The predicted molar refractivity (Wildman–Crippen MR) is 25.4 cm³/mol. The van der Waals surface area contributed by atoms with Gasteiger partial charge < -0.3 is 0 Å². The molecule has 0 aromatic heterocycles. The third kappa shape index (κ3) is 7.65. The number of alkyl halides is 3. The van der Waals surface area contributed by atoms with Gasteiger partial charge in [-0.15, -0.1) is 0 Å². The fraction of sp³-hybridized carbons (Fsp3) is 0.800. The van der Waals surface area contributed by atoms with Crippen LogP contribution in [0.2, 0.25) is 0 Å². The van der Waals surface area contributed by atoms with E-state index in [1.165, 1.54) is 0 Å². The molecule has 10 heavy (non-hydrogen) atoms. The normalized spacial score (nSPS) is 12.6. The second-order valence-corrected chi connectivity index (χ2v) is 1.81. The number of halogens is 5. The van der Waals surface area contributed by atoms with E-state index in [1.807, 2.05) is 0 Å². The van der Waals surface area contributed by atoms with Crippen LogP contribution >= 0.6 is 0 Å². The highest BCUT2D eigenvalue weighted by Gasteiger charge is 2.26. The predicted octanol–water partition coefficient (Wildman–Crippen LogP) is 3.15. The van der Waals surface area contributed by atoms with Crippen LogP contribution in [0.5, 0.6) is 0 Å². The topological polar surface area (TPSA) is 0 Å². The SMILES string of the molecule is F[C](F)CCCC(F)(F)F. The molecule has 0 amide bonds. The maximum Gasteiger partial charge on any atom is 0.389 e. The van der Waals surface area contributed by atoms with Crippen molar-refractivity contribution in [3.63, 3.8) is 0 Å². The quantitative estimate of drug-likeness (QED) is 0.557. The van der Waals surface area contributed by atoms with Gasteiger partial charge >= 0.3 is 12.6 Å². The van der Waals surface area contributed by atoms with E-state index < -0.39 is 31.9 Å². The Balaban J connectivity index is 3.21. The van der Waals surface area contributed by atoms with Gasteiger partial charge in [-0.25, -0.2) is 0 Å². The molecule has 0 rings (SSSR count). The Labute approximate surface area is 55.0 Å². The first kappa shape index (κ1) is 9.65. The van der Waals surface area contributed by atoms with Crippen LogP contribution in [-0.2, 0) is 0 Å². The smallest absolute Gasteiger partial charge is 0.200 e. The number of hydrogen-bond donors (Lipinski definition) is 0. The van der Waals surface area contributed by atoms with Crippen LogP contribution in [0.1, 0.15) is 19.3 Å². The van der Waals surface area contributed by atoms with Gasteiger partial charge in [-0.2, -0.15) is 22.0 Å². The Morgan fingerprint density at radius 2 is 1.60 bits per heavy atom. The summed E-state index contributed by atoms with van der Waals surface area (Å²) in [7, 11) is 0. The first-order valence-corrected chi connectivity index (χ1v) is 2.65. The van der Waals surface area contributed by atoms with Crippen LogP contribution in [0.15, 0.2) is 0 Å². The summed E-state index contributed by atoms with van der Waals surface area (Å²) in [5, 5.41) is 0. The van der Waals surface area contributed by atoms with Gasteiger partial charge in [0.15, 0.2) is 0 Å². The second-order valence-electron chi connectivity index (χ2n) is 1.81. The molecule has 5 heteroatoms. The molecule has 0 unspecified atom stereocenters. The van der Waals surface area contributed by atoms with E-state index in [1.54, 1.807) is 0 Å². The number of hydrogen-bond acceptors (Lipinski definition) is 0. The van der Waals surface area contributed by atoms with E-state index in [0.717, 1.165) is 0 Å². The molecule has 0 spiro atoms. The number of rotatable bonds is 3. The fourth-order valence-corrected chi connectivity index (χ4v) is 0.422. The molecule has 1 radical (unpaired) electrons. The molecular formula is C5H6F5. The second kappa shape index (κ2) is 3.73. The van der Waals surface area contributed by atoms with Crippen molar-refractivity contribution in [1.82, 2.24) is 0 Å². The molecule has 0 atom stereocenters. The Bertz CT molecular complexity index is 84.5. The van der Waals surface area contributed by atoms with Gasteiger partial charge in [0.2, 0.25) is 0 Å². The fourth-order valence-electron chi connectivity index (χ4n) is 0.422. The molecule has 0 aliphatic heterocycles. The zero-order valence-corrected chi connectivity index (χ0v) is 5.01. The standard InChI is InChI=1S/C5H6F5/c6-4(7)2-1-3-5(8,9)10/h1-3H2. The van der Waals surface area contributed by atoms with E-state index in [-0.39, 0.29) is 0 Å². The summed E-state index contributed by atoms with van der Waals surface area (Å²) in [4.78, 5) is 0. The minimum absolute atomic E-state index is 0.522. The van der Waals surface area contributed by atoms with Crippen LogP contribution in [-0.4, -0.2) is 6.18 Å². The first-order valence-electron chi connectivity index (χ1n) is 2.65. The Hall–Kier alpha value is -0.350. The van der Waals surface area contributed by atoms with E-state index in [0.29, 0.717) is 0 Å². The van der Waals surface area contributed by atoms with Gasteiger partial charge in [0, 0.05) is 12.8 Å². The lowest BCUT2D eigenvalue weighted by atomic mass is 10.2. The highest BCUT2D eigenvalue weighted by Crippen LogP contribution is 2.24. The van der Waals surface area contributed by atoms with Gasteiger partial charge in [0.05, 0.1) is 0 Å². The van der Waals surface area contributed by atoms with Crippen LogP contribution in [0, 0.1) is 6.43 Å². The van der Waals surface area contributed by atoms with Crippen LogP contribution in [0.25, 0.3) is 0 Å². The average molecular weight is 161 g/mol.